The Hall–Kier alpha value is -3.21. The molecule has 0 saturated heterocycles. The highest BCUT2D eigenvalue weighted by molar-refractivity contribution is 6.04. The number of nitrogens with one attached hydrogen (secondary N) is 1. The van der Waals surface area contributed by atoms with Crippen LogP contribution in [-0.4, -0.2) is 15.9 Å². The molecule has 0 spiro atoms. The number of hydrogen-bond donors (Lipinski definition) is 1. The van der Waals surface area contributed by atoms with E-state index < -0.39 is 0 Å². The lowest BCUT2D eigenvalue weighted by molar-refractivity contribution is 0.102. The first-order chi connectivity index (χ1) is 10.8. The molecule has 1 amide bonds. The highest BCUT2D eigenvalue weighted by atomic mass is 16.5. The standard InChI is InChI=1S/C17H13N3O2/c21-17(20-14-7-10-18-11-8-14)13-4-3-5-15(12-13)22-16-6-1-2-9-19-16/h1-12H,(H,18,20,21). The molecule has 2 heterocycles. The maximum Gasteiger partial charge on any atom is 0.255 e. The minimum absolute atomic E-state index is 0.210. The molecule has 0 atom stereocenters. The Morgan fingerprint density at radius 3 is 2.59 bits per heavy atom. The Morgan fingerprint density at radius 2 is 1.82 bits per heavy atom. The average Bonchev–Trinajstić information content (AvgIpc) is 2.57. The number of pyridine rings is 2. The molecule has 0 fully saturated rings. The van der Waals surface area contributed by atoms with E-state index in [0.29, 0.717) is 22.9 Å². The van der Waals surface area contributed by atoms with Crippen LogP contribution in [0.5, 0.6) is 11.6 Å². The van der Waals surface area contributed by atoms with E-state index in [1.165, 1.54) is 0 Å². The molecule has 0 saturated carbocycles. The van der Waals surface area contributed by atoms with Crippen molar-refractivity contribution in [1.29, 1.82) is 0 Å². The van der Waals surface area contributed by atoms with Gasteiger partial charge in [-0.25, -0.2) is 4.98 Å². The second-order valence-electron chi connectivity index (χ2n) is 4.49. The van der Waals surface area contributed by atoms with Gasteiger partial charge in [0.15, 0.2) is 0 Å². The summed E-state index contributed by atoms with van der Waals surface area (Å²) in [5.74, 6) is 0.827. The SMILES string of the molecule is O=C(Nc1ccncc1)c1cccc(Oc2ccccn2)c1. The van der Waals surface area contributed by atoms with Crippen molar-refractivity contribution in [1.82, 2.24) is 9.97 Å². The third-order valence-electron chi connectivity index (χ3n) is 2.89. The number of carbonyl (C=O) groups excluding carboxylic acids is 1. The van der Waals surface area contributed by atoms with E-state index in [2.05, 4.69) is 15.3 Å². The number of rotatable bonds is 4. The van der Waals surface area contributed by atoms with Gasteiger partial charge in [-0.15, -0.1) is 0 Å². The molecule has 0 aliphatic heterocycles. The quantitative estimate of drug-likeness (QED) is 0.798. The Kier molecular flexibility index (Phi) is 4.06. The van der Waals surface area contributed by atoms with Crippen molar-refractivity contribution >= 4 is 11.6 Å². The van der Waals surface area contributed by atoms with E-state index in [-0.39, 0.29) is 5.91 Å². The summed E-state index contributed by atoms with van der Waals surface area (Å²) in [5.41, 5.74) is 1.20. The van der Waals surface area contributed by atoms with Gasteiger partial charge < -0.3 is 10.1 Å². The zero-order valence-electron chi connectivity index (χ0n) is 11.6. The lowest BCUT2D eigenvalue weighted by atomic mass is 10.2. The molecule has 1 N–H and O–H groups in total. The van der Waals surface area contributed by atoms with Gasteiger partial charge in [-0.3, -0.25) is 9.78 Å². The van der Waals surface area contributed by atoms with Crippen LogP contribution < -0.4 is 10.1 Å². The minimum atomic E-state index is -0.210. The molecule has 0 radical (unpaired) electrons. The van der Waals surface area contributed by atoms with Crippen LogP contribution in [0, 0.1) is 0 Å². The van der Waals surface area contributed by atoms with E-state index in [1.807, 2.05) is 12.1 Å². The molecule has 1 aromatic carbocycles. The summed E-state index contributed by atoms with van der Waals surface area (Å²) >= 11 is 0. The van der Waals surface area contributed by atoms with Crippen molar-refractivity contribution in [3.8, 4) is 11.6 Å². The third kappa shape index (κ3) is 3.46. The zero-order chi connectivity index (χ0) is 15.2. The number of anilines is 1. The van der Waals surface area contributed by atoms with E-state index >= 15 is 0 Å². The Bertz CT molecular complexity index is 761. The first-order valence-electron chi connectivity index (χ1n) is 6.71. The maximum absolute atomic E-state index is 12.2. The number of aromatic nitrogens is 2. The number of benzene rings is 1. The molecule has 0 unspecified atom stereocenters. The molecule has 3 aromatic rings. The second kappa shape index (κ2) is 6.49. The average molecular weight is 291 g/mol. The molecule has 0 aliphatic rings. The van der Waals surface area contributed by atoms with E-state index in [9.17, 15) is 4.79 Å². The smallest absolute Gasteiger partial charge is 0.255 e. The fraction of sp³-hybridized carbons (Fsp3) is 0. The normalized spacial score (nSPS) is 10.0. The van der Waals surface area contributed by atoms with Crippen molar-refractivity contribution in [3.63, 3.8) is 0 Å². The predicted octanol–water partition coefficient (Wildman–Crippen LogP) is 3.52. The van der Waals surface area contributed by atoms with Gasteiger partial charge >= 0.3 is 0 Å². The summed E-state index contributed by atoms with van der Waals surface area (Å²) in [4.78, 5) is 20.2. The van der Waals surface area contributed by atoms with Crippen molar-refractivity contribution < 1.29 is 9.53 Å². The van der Waals surface area contributed by atoms with E-state index in [0.717, 1.165) is 0 Å². The molecule has 22 heavy (non-hydrogen) atoms. The van der Waals surface area contributed by atoms with Crippen LogP contribution >= 0.6 is 0 Å². The van der Waals surface area contributed by atoms with Crippen LogP contribution in [-0.2, 0) is 0 Å². The Labute approximate surface area is 127 Å². The minimum Gasteiger partial charge on any atom is -0.439 e. The predicted molar refractivity (Wildman–Crippen MR) is 82.9 cm³/mol. The third-order valence-corrected chi connectivity index (χ3v) is 2.89. The first-order valence-corrected chi connectivity index (χ1v) is 6.71. The van der Waals surface area contributed by atoms with Crippen LogP contribution in [0.2, 0.25) is 0 Å². The van der Waals surface area contributed by atoms with Gasteiger partial charge in [0.1, 0.15) is 5.75 Å². The van der Waals surface area contributed by atoms with Crippen LogP contribution in [0.1, 0.15) is 10.4 Å². The van der Waals surface area contributed by atoms with Crippen molar-refractivity contribution in [2.75, 3.05) is 5.32 Å². The maximum atomic E-state index is 12.2. The molecular formula is C17H13N3O2. The summed E-state index contributed by atoms with van der Waals surface area (Å²) in [5, 5.41) is 2.80. The number of carbonyl (C=O) groups is 1. The topological polar surface area (TPSA) is 64.1 Å². The first kappa shape index (κ1) is 13.8. The molecule has 5 heteroatoms. The van der Waals surface area contributed by atoms with Crippen molar-refractivity contribution in [2.24, 2.45) is 0 Å². The Morgan fingerprint density at radius 1 is 0.955 bits per heavy atom. The molecular weight excluding hydrogens is 278 g/mol. The number of ether oxygens (including phenoxy) is 1. The summed E-state index contributed by atoms with van der Waals surface area (Å²) in [6, 6.07) is 15.8. The van der Waals surface area contributed by atoms with Gasteiger partial charge in [0.05, 0.1) is 0 Å². The molecule has 0 bridgehead atoms. The largest absolute Gasteiger partial charge is 0.439 e. The lowest BCUT2D eigenvalue weighted by Gasteiger charge is -2.07. The van der Waals surface area contributed by atoms with Gasteiger partial charge in [0.25, 0.3) is 5.91 Å². The molecule has 108 valence electrons. The summed E-state index contributed by atoms with van der Waals surface area (Å²) in [6.07, 6.45) is 4.89. The van der Waals surface area contributed by atoms with Crippen LogP contribution in [0.15, 0.2) is 73.2 Å². The van der Waals surface area contributed by atoms with Gasteiger partial charge in [-0.1, -0.05) is 12.1 Å². The Balaban J connectivity index is 1.75. The van der Waals surface area contributed by atoms with Gasteiger partial charge in [0.2, 0.25) is 5.88 Å². The molecule has 5 nitrogen and oxygen atoms in total. The van der Waals surface area contributed by atoms with E-state index in [4.69, 9.17) is 4.74 Å². The lowest BCUT2D eigenvalue weighted by Crippen LogP contribution is -2.11. The van der Waals surface area contributed by atoms with Gasteiger partial charge in [-0.05, 0) is 36.4 Å². The fourth-order valence-corrected chi connectivity index (χ4v) is 1.87. The second-order valence-corrected chi connectivity index (χ2v) is 4.49. The monoisotopic (exact) mass is 291 g/mol. The number of nitrogens with zero attached hydrogens (tertiary/aromatic N) is 2. The van der Waals surface area contributed by atoms with Crippen molar-refractivity contribution in [3.05, 3.63) is 78.8 Å². The number of amides is 1. The summed E-state index contributed by atoms with van der Waals surface area (Å²) < 4.78 is 5.62. The van der Waals surface area contributed by atoms with Crippen molar-refractivity contribution in [2.45, 2.75) is 0 Å². The molecule has 0 aliphatic carbocycles. The number of hydrogen-bond acceptors (Lipinski definition) is 4. The van der Waals surface area contributed by atoms with Crippen LogP contribution in [0.4, 0.5) is 5.69 Å². The summed E-state index contributed by atoms with van der Waals surface area (Å²) in [7, 11) is 0. The van der Waals surface area contributed by atoms with Gasteiger partial charge in [-0.2, -0.15) is 0 Å². The summed E-state index contributed by atoms with van der Waals surface area (Å²) in [6.45, 7) is 0. The molecule has 3 rings (SSSR count). The van der Waals surface area contributed by atoms with Crippen LogP contribution in [0.3, 0.4) is 0 Å². The van der Waals surface area contributed by atoms with E-state index in [1.54, 1.807) is 61.1 Å². The zero-order valence-corrected chi connectivity index (χ0v) is 11.6. The highest BCUT2D eigenvalue weighted by Crippen LogP contribution is 2.20. The highest BCUT2D eigenvalue weighted by Gasteiger charge is 2.08. The van der Waals surface area contributed by atoms with Gasteiger partial charge in [0, 0.05) is 35.9 Å². The fourth-order valence-electron chi connectivity index (χ4n) is 1.87. The van der Waals surface area contributed by atoms with Crippen LogP contribution in [0.25, 0.3) is 0 Å². The molecule has 2 aromatic heterocycles.